The normalized spacial score (nSPS) is 10.8. The fourth-order valence-corrected chi connectivity index (χ4v) is 2.12. The van der Waals surface area contributed by atoms with Crippen molar-refractivity contribution in [1.29, 1.82) is 0 Å². The van der Waals surface area contributed by atoms with Gasteiger partial charge >= 0.3 is 0 Å². The Morgan fingerprint density at radius 1 is 1.37 bits per heavy atom. The lowest BCUT2D eigenvalue weighted by molar-refractivity contribution is 0.0617. The van der Waals surface area contributed by atoms with Crippen LogP contribution in [-0.2, 0) is 0 Å². The van der Waals surface area contributed by atoms with Crippen LogP contribution in [0.3, 0.4) is 0 Å². The van der Waals surface area contributed by atoms with Gasteiger partial charge in [-0.05, 0) is 25.0 Å². The van der Waals surface area contributed by atoms with Crippen LogP contribution in [0.5, 0.6) is 5.75 Å². The van der Waals surface area contributed by atoms with Gasteiger partial charge in [0.05, 0.1) is 12.2 Å². The molecule has 0 atom stereocenters. The lowest BCUT2D eigenvalue weighted by Gasteiger charge is -2.30. The minimum absolute atomic E-state index is 0.0344. The molecule has 5 heteroatoms. The van der Waals surface area contributed by atoms with E-state index < -0.39 is 11.7 Å². The highest BCUT2D eigenvalue weighted by Crippen LogP contribution is 2.19. The first-order valence-corrected chi connectivity index (χ1v) is 6.45. The van der Waals surface area contributed by atoms with Gasteiger partial charge < -0.3 is 15.1 Å². The second-order valence-corrected chi connectivity index (χ2v) is 4.36. The van der Waals surface area contributed by atoms with Gasteiger partial charge in [-0.1, -0.05) is 13.8 Å². The Kier molecular flexibility index (Phi) is 5.76. The van der Waals surface area contributed by atoms with Gasteiger partial charge in [0.2, 0.25) is 0 Å². The molecule has 0 spiro atoms. The van der Waals surface area contributed by atoms with Crippen LogP contribution in [0, 0.1) is 5.82 Å². The summed E-state index contributed by atoms with van der Waals surface area (Å²) in [6.07, 6.45) is 1.48. The summed E-state index contributed by atoms with van der Waals surface area (Å²) < 4.78 is 13.7. The van der Waals surface area contributed by atoms with Crippen LogP contribution in [-0.4, -0.2) is 40.2 Å². The minimum atomic E-state index is -0.751. The molecule has 0 aromatic heterocycles. The van der Waals surface area contributed by atoms with Crippen molar-refractivity contribution < 1.29 is 19.4 Å². The molecule has 0 aliphatic rings. The zero-order valence-electron chi connectivity index (χ0n) is 11.3. The molecule has 1 amide bonds. The first kappa shape index (κ1) is 15.4. The number of nitrogens with zero attached hydrogens (tertiary/aromatic N) is 1. The smallest absolute Gasteiger partial charge is 0.257 e. The number of phenolic OH excluding ortho intramolecular Hbond substituents is 1. The number of amides is 1. The quantitative estimate of drug-likeness (QED) is 0.832. The summed E-state index contributed by atoms with van der Waals surface area (Å²) in [4.78, 5) is 13.8. The monoisotopic (exact) mass is 269 g/mol. The maximum atomic E-state index is 13.7. The van der Waals surface area contributed by atoms with E-state index >= 15 is 0 Å². The average molecular weight is 269 g/mol. The van der Waals surface area contributed by atoms with Crippen molar-refractivity contribution >= 4 is 5.91 Å². The average Bonchev–Trinajstić information content (AvgIpc) is 2.38. The van der Waals surface area contributed by atoms with Crippen molar-refractivity contribution in [2.75, 3.05) is 13.2 Å². The van der Waals surface area contributed by atoms with Crippen LogP contribution >= 0.6 is 0 Å². The topological polar surface area (TPSA) is 60.8 Å². The lowest BCUT2D eigenvalue weighted by atomic mass is 10.1. The predicted molar refractivity (Wildman–Crippen MR) is 70.6 cm³/mol. The molecule has 19 heavy (non-hydrogen) atoms. The Hall–Kier alpha value is -1.62. The number of rotatable bonds is 6. The maximum Gasteiger partial charge on any atom is 0.257 e. The summed E-state index contributed by atoms with van der Waals surface area (Å²) in [5.74, 6) is -1.43. The lowest BCUT2D eigenvalue weighted by Crippen LogP contribution is -2.41. The number of hydrogen-bond donors (Lipinski definition) is 2. The van der Waals surface area contributed by atoms with Crippen LogP contribution in [0.25, 0.3) is 0 Å². The van der Waals surface area contributed by atoms with E-state index in [1.165, 1.54) is 17.0 Å². The molecule has 1 aromatic carbocycles. The predicted octanol–water partition coefficient (Wildman–Crippen LogP) is 2.15. The van der Waals surface area contributed by atoms with Crippen molar-refractivity contribution in [3.63, 3.8) is 0 Å². The molecule has 0 saturated carbocycles. The summed E-state index contributed by atoms with van der Waals surface area (Å²) in [5, 5.41) is 18.2. The van der Waals surface area contributed by atoms with Crippen LogP contribution < -0.4 is 0 Å². The molecule has 0 heterocycles. The Morgan fingerprint density at radius 3 is 2.47 bits per heavy atom. The van der Waals surface area contributed by atoms with Crippen LogP contribution in [0.2, 0.25) is 0 Å². The highest BCUT2D eigenvalue weighted by Gasteiger charge is 2.24. The van der Waals surface area contributed by atoms with E-state index in [0.717, 1.165) is 18.9 Å². The summed E-state index contributed by atoms with van der Waals surface area (Å²) >= 11 is 0. The number of halogens is 1. The fraction of sp³-hybridized carbons (Fsp3) is 0.500. The van der Waals surface area contributed by atoms with Gasteiger partial charge in [0.15, 0.2) is 0 Å². The van der Waals surface area contributed by atoms with Gasteiger partial charge in [-0.2, -0.15) is 0 Å². The summed E-state index contributed by atoms with van der Waals surface area (Å²) in [7, 11) is 0. The van der Waals surface area contributed by atoms with E-state index in [1.807, 2.05) is 13.8 Å². The highest BCUT2D eigenvalue weighted by molar-refractivity contribution is 5.94. The molecule has 0 radical (unpaired) electrons. The molecule has 0 aliphatic carbocycles. The zero-order chi connectivity index (χ0) is 14.4. The van der Waals surface area contributed by atoms with Crippen LogP contribution in [0.4, 0.5) is 4.39 Å². The largest absolute Gasteiger partial charge is 0.508 e. The highest BCUT2D eigenvalue weighted by atomic mass is 19.1. The third kappa shape index (κ3) is 3.67. The Labute approximate surface area is 112 Å². The number of carbonyl (C=O) groups excluding carboxylic acids is 1. The number of phenols is 1. The third-order valence-electron chi connectivity index (χ3n) is 3.17. The Morgan fingerprint density at radius 2 is 2.00 bits per heavy atom. The van der Waals surface area contributed by atoms with Crippen LogP contribution in [0.1, 0.15) is 37.0 Å². The molecule has 1 aromatic rings. The Bertz CT molecular complexity index is 433. The second kappa shape index (κ2) is 7.09. The molecule has 1 rings (SSSR count). The maximum absolute atomic E-state index is 13.7. The van der Waals surface area contributed by atoms with Gasteiger partial charge in [-0.15, -0.1) is 0 Å². The van der Waals surface area contributed by atoms with Crippen molar-refractivity contribution in [3.05, 3.63) is 29.6 Å². The molecule has 0 unspecified atom stereocenters. The number of aliphatic hydroxyl groups is 1. The van der Waals surface area contributed by atoms with Crippen molar-refractivity contribution in [2.24, 2.45) is 0 Å². The first-order chi connectivity index (χ1) is 9.04. The summed E-state index contributed by atoms with van der Waals surface area (Å²) in [5.41, 5.74) is -0.0850. The molecule has 106 valence electrons. The second-order valence-electron chi connectivity index (χ2n) is 4.36. The van der Waals surface area contributed by atoms with E-state index in [4.69, 9.17) is 10.2 Å². The van der Waals surface area contributed by atoms with Gasteiger partial charge in [0.1, 0.15) is 11.6 Å². The Balaban J connectivity index is 3.04. The molecule has 0 aliphatic heterocycles. The number of aromatic hydroxyl groups is 1. The number of benzene rings is 1. The number of hydrogen-bond acceptors (Lipinski definition) is 3. The minimum Gasteiger partial charge on any atom is -0.508 e. The van der Waals surface area contributed by atoms with Gasteiger partial charge in [-0.3, -0.25) is 4.79 Å². The first-order valence-electron chi connectivity index (χ1n) is 6.45. The van der Waals surface area contributed by atoms with Crippen molar-refractivity contribution in [1.82, 2.24) is 4.90 Å². The van der Waals surface area contributed by atoms with E-state index in [9.17, 15) is 9.18 Å². The van der Waals surface area contributed by atoms with E-state index in [2.05, 4.69) is 0 Å². The fourth-order valence-electron chi connectivity index (χ4n) is 2.12. The van der Waals surface area contributed by atoms with Crippen LogP contribution in [0.15, 0.2) is 18.2 Å². The molecule has 4 nitrogen and oxygen atoms in total. The van der Waals surface area contributed by atoms with Gasteiger partial charge in [0, 0.05) is 18.7 Å². The molecular weight excluding hydrogens is 249 g/mol. The molecule has 2 N–H and O–H groups in total. The molecule has 0 fully saturated rings. The number of carbonyl (C=O) groups is 1. The van der Waals surface area contributed by atoms with Gasteiger partial charge in [-0.25, -0.2) is 4.39 Å². The molecular formula is C14H20FNO3. The zero-order valence-corrected chi connectivity index (χ0v) is 11.3. The number of aliphatic hydroxyl groups excluding tert-OH is 1. The summed E-state index contributed by atoms with van der Waals surface area (Å²) in [6.45, 7) is 3.89. The van der Waals surface area contributed by atoms with Gasteiger partial charge in [0.25, 0.3) is 5.91 Å². The van der Waals surface area contributed by atoms with E-state index in [-0.39, 0.29) is 30.5 Å². The van der Waals surface area contributed by atoms with E-state index in [0.29, 0.717) is 0 Å². The standard InChI is InChI=1S/C14H20FNO3/c1-3-10(4-2)16(7-8-17)14(19)12-6-5-11(18)9-13(12)15/h5-6,9-10,17-18H,3-4,7-8H2,1-2H3. The molecule has 0 saturated heterocycles. The van der Waals surface area contributed by atoms with Crippen molar-refractivity contribution in [2.45, 2.75) is 32.7 Å². The molecule has 0 bridgehead atoms. The van der Waals surface area contributed by atoms with Crippen molar-refractivity contribution in [3.8, 4) is 5.75 Å². The third-order valence-corrected chi connectivity index (χ3v) is 3.17. The van der Waals surface area contributed by atoms with E-state index in [1.54, 1.807) is 0 Å². The summed E-state index contributed by atoms with van der Waals surface area (Å²) in [6, 6.07) is 3.42. The SMILES string of the molecule is CCC(CC)N(CCO)C(=O)c1ccc(O)cc1F.